The molecule has 0 fully saturated rings. The molecule has 2 aliphatic rings. The first kappa shape index (κ1) is 17.3. The van der Waals surface area contributed by atoms with Crippen LogP contribution in [-0.2, 0) is 0 Å². The Labute approximate surface area is 181 Å². The van der Waals surface area contributed by atoms with Crippen molar-refractivity contribution >= 4 is 22.7 Å². The van der Waals surface area contributed by atoms with E-state index in [0.717, 1.165) is 17.0 Å². The van der Waals surface area contributed by atoms with E-state index in [2.05, 4.69) is 103 Å². The van der Waals surface area contributed by atoms with Crippen LogP contribution in [-0.4, -0.2) is 22.4 Å². The summed E-state index contributed by atoms with van der Waals surface area (Å²) in [7, 11) is 2.16. The molecule has 0 bridgehead atoms. The standard InChI is InChI=1S/C24H22IN4/c1-15-20(14-13-17-16-9-5-6-10-18(16)25-22(15)17)28-23-26-19-11-7-8-12-21(19)29(23)27(4)24(28,2)3/h5-14H,1-4H3/q-1. The van der Waals surface area contributed by atoms with Crippen LogP contribution in [0.15, 0.2) is 60.7 Å². The van der Waals surface area contributed by atoms with Crippen molar-refractivity contribution < 1.29 is 21.2 Å². The number of rotatable bonds is 1. The molecule has 0 N–H and O–H groups in total. The molecular weight excluding hydrogens is 471 g/mol. The Hall–Kier alpha value is -2.54. The number of hydrogen-bond acceptors (Lipinski definition) is 3. The van der Waals surface area contributed by atoms with Crippen LogP contribution in [0.1, 0.15) is 19.4 Å². The Morgan fingerprint density at radius 1 is 0.897 bits per heavy atom. The number of halogens is 1. The van der Waals surface area contributed by atoms with Gasteiger partial charge in [-0.3, -0.25) is 0 Å². The zero-order valence-electron chi connectivity index (χ0n) is 16.9. The summed E-state index contributed by atoms with van der Waals surface area (Å²) in [6, 6.07) is 21.9. The Morgan fingerprint density at radius 3 is 2.52 bits per heavy atom. The Kier molecular flexibility index (Phi) is 3.44. The summed E-state index contributed by atoms with van der Waals surface area (Å²) in [6.45, 7) is 6.83. The van der Waals surface area contributed by atoms with Gasteiger partial charge in [-0.05, 0) is 0 Å². The van der Waals surface area contributed by atoms with Gasteiger partial charge in [0.15, 0.2) is 0 Å². The Bertz CT molecular complexity index is 1300. The number of benzene rings is 3. The van der Waals surface area contributed by atoms with Gasteiger partial charge < -0.3 is 0 Å². The van der Waals surface area contributed by atoms with E-state index in [0.29, 0.717) is 0 Å². The van der Waals surface area contributed by atoms with E-state index in [4.69, 9.17) is 4.98 Å². The Morgan fingerprint density at radius 2 is 1.66 bits per heavy atom. The van der Waals surface area contributed by atoms with Gasteiger partial charge in [-0.25, -0.2) is 0 Å². The first-order chi connectivity index (χ1) is 14.0. The molecule has 0 aliphatic carbocycles. The second-order valence-electron chi connectivity index (χ2n) is 8.21. The molecule has 3 aromatic carbocycles. The maximum atomic E-state index is 5.03. The van der Waals surface area contributed by atoms with Gasteiger partial charge in [0.05, 0.1) is 0 Å². The normalized spacial score (nSPS) is 16.6. The molecule has 0 spiro atoms. The van der Waals surface area contributed by atoms with Gasteiger partial charge in [0.2, 0.25) is 0 Å². The zero-order valence-corrected chi connectivity index (χ0v) is 19.1. The van der Waals surface area contributed by atoms with Gasteiger partial charge in [0, 0.05) is 0 Å². The monoisotopic (exact) mass is 493 g/mol. The van der Waals surface area contributed by atoms with Gasteiger partial charge >= 0.3 is 181 Å². The molecule has 3 heterocycles. The number of aromatic nitrogens is 2. The van der Waals surface area contributed by atoms with Crippen molar-refractivity contribution in [2.45, 2.75) is 26.4 Å². The zero-order chi connectivity index (χ0) is 19.9. The average molecular weight is 493 g/mol. The third-order valence-electron chi connectivity index (χ3n) is 6.32. The van der Waals surface area contributed by atoms with Crippen molar-refractivity contribution in [1.29, 1.82) is 0 Å². The van der Waals surface area contributed by atoms with Crippen LogP contribution in [0.4, 0.5) is 11.6 Å². The summed E-state index contributed by atoms with van der Waals surface area (Å²) in [5.41, 5.74) is 7.49. The number of para-hydroxylation sites is 2. The molecule has 0 amide bonds. The van der Waals surface area contributed by atoms with Crippen molar-refractivity contribution in [3.8, 4) is 11.1 Å². The van der Waals surface area contributed by atoms with Gasteiger partial charge in [0.1, 0.15) is 0 Å². The molecule has 0 radical (unpaired) electrons. The molecule has 146 valence electrons. The number of nitrogens with zero attached hydrogens (tertiary/aromatic N) is 4. The molecule has 0 saturated heterocycles. The fraction of sp³-hybridized carbons (Fsp3) is 0.208. The van der Waals surface area contributed by atoms with Crippen LogP contribution in [0.3, 0.4) is 0 Å². The summed E-state index contributed by atoms with van der Waals surface area (Å²) >= 11 is -0.150. The SMILES string of the molecule is Cc1c(N2c3nc4ccccc4n3N(C)C2(C)C)ccc2c1[I-]c1ccccc1-2. The summed E-state index contributed by atoms with van der Waals surface area (Å²) in [6.07, 6.45) is 0. The van der Waals surface area contributed by atoms with Crippen LogP contribution in [0, 0.1) is 14.1 Å². The molecule has 0 saturated carbocycles. The molecule has 0 atom stereocenters. The minimum atomic E-state index is -0.213. The van der Waals surface area contributed by atoms with Crippen LogP contribution < -0.4 is 31.1 Å². The topological polar surface area (TPSA) is 24.3 Å². The van der Waals surface area contributed by atoms with E-state index in [1.165, 1.54) is 25.9 Å². The maximum absolute atomic E-state index is 5.03. The number of hydrogen-bond donors (Lipinski definition) is 0. The number of imidazole rings is 1. The van der Waals surface area contributed by atoms with E-state index < -0.39 is 0 Å². The molecule has 6 rings (SSSR count). The summed E-state index contributed by atoms with van der Waals surface area (Å²) in [4.78, 5) is 7.44. The quantitative estimate of drug-likeness (QED) is 0.334. The van der Waals surface area contributed by atoms with E-state index in [1.54, 1.807) is 3.57 Å². The average Bonchev–Trinajstić information content (AvgIpc) is 3.33. The number of fused-ring (bicyclic) bond motifs is 6. The van der Waals surface area contributed by atoms with Gasteiger partial charge in [-0.2, -0.15) is 0 Å². The second-order valence-corrected chi connectivity index (χ2v) is 11.0. The molecule has 0 unspecified atom stereocenters. The molecule has 4 nitrogen and oxygen atoms in total. The van der Waals surface area contributed by atoms with Gasteiger partial charge in [0.25, 0.3) is 0 Å². The fourth-order valence-electron chi connectivity index (χ4n) is 4.59. The van der Waals surface area contributed by atoms with Gasteiger partial charge in [-0.1, -0.05) is 0 Å². The summed E-state index contributed by atoms with van der Waals surface area (Å²) in [5, 5.41) is 2.30. The van der Waals surface area contributed by atoms with E-state index in [-0.39, 0.29) is 26.9 Å². The molecular formula is C24H22IN4-. The molecule has 29 heavy (non-hydrogen) atoms. The number of anilines is 2. The van der Waals surface area contributed by atoms with Crippen molar-refractivity contribution in [2.75, 3.05) is 17.0 Å². The second kappa shape index (κ2) is 5.75. The van der Waals surface area contributed by atoms with E-state index in [9.17, 15) is 0 Å². The van der Waals surface area contributed by atoms with Crippen LogP contribution >= 0.6 is 0 Å². The summed E-state index contributed by atoms with van der Waals surface area (Å²) in [5.74, 6) is 0.996. The van der Waals surface area contributed by atoms with Crippen molar-refractivity contribution in [3.63, 3.8) is 0 Å². The predicted octanol–water partition coefficient (Wildman–Crippen LogP) is 1.91. The van der Waals surface area contributed by atoms with Crippen molar-refractivity contribution in [1.82, 2.24) is 9.66 Å². The minimum absolute atomic E-state index is 0.150. The fourth-order valence-corrected chi connectivity index (χ4v) is 7.76. The van der Waals surface area contributed by atoms with Crippen molar-refractivity contribution in [3.05, 3.63) is 73.4 Å². The molecule has 2 aliphatic heterocycles. The van der Waals surface area contributed by atoms with E-state index in [1.807, 2.05) is 0 Å². The van der Waals surface area contributed by atoms with Crippen molar-refractivity contribution in [2.24, 2.45) is 0 Å². The predicted molar refractivity (Wildman–Crippen MR) is 114 cm³/mol. The Balaban J connectivity index is 1.57. The molecule has 4 aromatic rings. The van der Waals surface area contributed by atoms with Crippen LogP contribution in [0.5, 0.6) is 0 Å². The van der Waals surface area contributed by atoms with Crippen LogP contribution in [0.2, 0.25) is 0 Å². The van der Waals surface area contributed by atoms with Crippen LogP contribution in [0.25, 0.3) is 22.2 Å². The molecule has 5 heteroatoms. The molecule has 1 aromatic heterocycles. The first-order valence-electron chi connectivity index (χ1n) is 9.88. The van der Waals surface area contributed by atoms with Gasteiger partial charge in [-0.15, -0.1) is 0 Å². The third kappa shape index (κ3) is 2.16. The summed E-state index contributed by atoms with van der Waals surface area (Å²) < 4.78 is 5.34. The first-order valence-corrected chi connectivity index (χ1v) is 12.0. The van der Waals surface area contributed by atoms with E-state index >= 15 is 0 Å². The third-order valence-corrected chi connectivity index (χ3v) is 9.77.